The molecular weight excluding hydrogens is 323 g/mol. The Morgan fingerprint density at radius 1 is 1.04 bits per heavy atom. The lowest BCUT2D eigenvalue weighted by Crippen LogP contribution is -2.34. The van der Waals surface area contributed by atoms with Crippen molar-refractivity contribution in [1.29, 1.82) is 0 Å². The van der Waals surface area contributed by atoms with Crippen molar-refractivity contribution in [3.05, 3.63) is 34.4 Å². The number of Topliss-reactive ketones (excluding diaryl/α,β-unsaturated/α-hetero) is 1. The van der Waals surface area contributed by atoms with E-state index in [2.05, 4.69) is 0 Å². The summed E-state index contributed by atoms with van der Waals surface area (Å²) in [5.41, 5.74) is 3.69. The molecule has 0 spiro atoms. The predicted molar refractivity (Wildman–Crippen MR) is 98.2 cm³/mol. The summed E-state index contributed by atoms with van der Waals surface area (Å²) in [5.74, 6) is -0.631. The van der Waals surface area contributed by atoms with Crippen LogP contribution in [0.25, 0.3) is 0 Å². The van der Waals surface area contributed by atoms with Crippen LogP contribution >= 0.6 is 9.12 Å². The van der Waals surface area contributed by atoms with Crippen LogP contribution in [0.1, 0.15) is 61.2 Å². The van der Waals surface area contributed by atoms with Crippen LogP contribution in [0, 0.1) is 32.6 Å². The fourth-order valence-corrected chi connectivity index (χ4v) is 2.61. The molecule has 134 valence electrons. The van der Waals surface area contributed by atoms with Crippen LogP contribution in [0.4, 0.5) is 0 Å². The number of aryl methyl sites for hydroxylation is 3. The van der Waals surface area contributed by atoms with Gasteiger partial charge in [-0.05, 0) is 44.2 Å². The summed E-state index contributed by atoms with van der Waals surface area (Å²) in [4.78, 5) is 25.0. The molecule has 0 heterocycles. The van der Waals surface area contributed by atoms with E-state index in [1.54, 1.807) is 9.12 Å². The van der Waals surface area contributed by atoms with Gasteiger partial charge in [0, 0.05) is 5.56 Å². The summed E-state index contributed by atoms with van der Waals surface area (Å²) in [6.45, 7) is 13.5. The number of carbonyl (C=O) groups is 2. The zero-order valence-electron chi connectivity index (χ0n) is 15.7. The highest BCUT2D eigenvalue weighted by molar-refractivity contribution is 7.00. The second kappa shape index (κ2) is 10.4. The standard InChI is InChI=1S/C19H28O3.HOP/c1-8-13(5)19(21)22-18(11(2)3)17(20)16-14(6)9-12(4)10-15(16)7;1-2/h9-11,13,18H,8H2,1-7H3;2H. The molecule has 0 N–H and O–H groups in total. The van der Waals surface area contributed by atoms with Crippen LogP contribution < -0.4 is 0 Å². The van der Waals surface area contributed by atoms with Crippen LogP contribution in [-0.2, 0) is 14.1 Å². The highest BCUT2D eigenvalue weighted by atomic mass is 31.0. The van der Waals surface area contributed by atoms with Crippen LogP contribution in [0.3, 0.4) is 0 Å². The summed E-state index contributed by atoms with van der Waals surface area (Å²) in [6, 6.07) is 3.99. The van der Waals surface area contributed by atoms with Gasteiger partial charge in [-0.3, -0.25) is 14.2 Å². The molecule has 0 aliphatic rings. The summed E-state index contributed by atoms with van der Waals surface area (Å²) >= 11 is 0. The van der Waals surface area contributed by atoms with Gasteiger partial charge in [-0.25, -0.2) is 0 Å². The minimum Gasteiger partial charge on any atom is -0.453 e. The van der Waals surface area contributed by atoms with Gasteiger partial charge in [-0.1, -0.05) is 45.4 Å². The average molecular weight is 352 g/mol. The number of carbonyl (C=O) groups excluding carboxylic acids is 2. The Morgan fingerprint density at radius 3 is 1.88 bits per heavy atom. The van der Waals surface area contributed by atoms with Gasteiger partial charge in [0.25, 0.3) is 0 Å². The van der Waals surface area contributed by atoms with Gasteiger partial charge in [0.1, 0.15) is 9.12 Å². The predicted octanol–water partition coefficient (Wildman–Crippen LogP) is 4.88. The lowest BCUT2D eigenvalue weighted by Gasteiger charge is -2.23. The van der Waals surface area contributed by atoms with Crippen molar-refractivity contribution in [3.63, 3.8) is 0 Å². The van der Waals surface area contributed by atoms with E-state index in [9.17, 15) is 9.59 Å². The largest absolute Gasteiger partial charge is 0.453 e. The Labute approximate surface area is 147 Å². The van der Waals surface area contributed by atoms with E-state index in [0.717, 1.165) is 16.7 Å². The fourth-order valence-electron chi connectivity index (χ4n) is 2.61. The summed E-state index contributed by atoms with van der Waals surface area (Å²) in [6.07, 6.45) is -0.0120. The fraction of sp³-hybridized carbons (Fsp3) is 0.579. The minimum absolute atomic E-state index is 0.0550. The maximum Gasteiger partial charge on any atom is 0.309 e. The molecule has 0 amide bonds. The van der Waals surface area contributed by atoms with E-state index in [1.807, 2.05) is 60.6 Å². The zero-order valence-corrected chi connectivity index (χ0v) is 16.7. The highest BCUT2D eigenvalue weighted by Crippen LogP contribution is 2.23. The zero-order chi connectivity index (χ0) is 19.0. The van der Waals surface area contributed by atoms with Gasteiger partial charge in [-0.15, -0.1) is 0 Å². The normalized spacial score (nSPS) is 12.8. The Morgan fingerprint density at radius 2 is 1.50 bits per heavy atom. The third-order valence-electron chi connectivity index (χ3n) is 4.05. The second-order valence-corrected chi connectivity index (χ2v) is 6.55. The maximum atomic E-state index is 12.9. The first-order valence-electron chi connectivity index (χ1n) is 8.21. The van der Waals surface area contributed by atoms with Crippen molar-refractivity contribution < 1.29 is 18.9 Å². The van der Waals surface area contributed by atoms with Crippen LogP contribution in [-0.4, -0.2) is 17.9 Å². The number of rotatable bonds is 6. The lowest BCUT2D eigenvalue weighted by atomic mass is 9.90. The Bertz CT molecular complexity index is 558. The Kier molecular flexibility index (Phi) is 9.69. The second-order valence-electron chi connectivity index (χ2n) is 6.55. The molecule has 4 nitrogen and oxygen atoms in total. The number of ketones is 1. The van der Waals surface area contributed by atoms with Crippen LogP contribution in [0.2, 0.25) is 0 Å². The van der Waals surface area contributed by atoms with Gasteiger partial charge in [0.05, 0.1) is 5.92 Å². The van der Waals surface area contributed by atoms with Gasteiger partial charge >= 0.3 is 5.97 Å². The molecular formula is C19H29O4P. The van der Waals surface area contributed by atoms with Crippen molar-refractivity contribution in [1.82, 2.24) is 0 Å². The van der Waals surface area contributed by atoms with Crippen molar-refractivity contribution in [2.75, 3.05) is 0 Å². The van der Waals surface area contributed by atoms with Crippen molar-refractivity contribution >= 4 is 20.9 Å². The van der Waals surface area contributed by atoms with Gasteiger partial charge in [0.2, 0.25) is 5.78 Å². The first-order valence-corrected chi connectivity index (χ1v) is 8.62. The van der Waals surface area contributed by atoms with Crippen molar-refractivity contribution in [2.24, 2.45) is 11.8 Å². The molecule has 0 saturated carbocycles. The van der Waals surface area contributed by atoms with E-state index in [0.29, 0.717) is 12.0 Å². The molecule has 5 heteroatoms. The molecule has 0 fully saturated rings. The molecule has 1 aromatic carbocycles. The quantitative estimate of drug-likeness (QED) is 0.416. The highest BCUT2D eigenvalue weighted by Gasteiger charge is 2.30. The number of esters is 1. The molecule has 1 aromatic rings. The number of hydrogen-bond donors (Lipinski definition) is 0. The molecule has 0 saturated heterocycles. The first-order chi connectivity index (χ1) is 11.2. The molecule has 2 unspecified atom stereocenters. The third-order valence-corrected chi connectivity index (χ3v) is 4.05. The van der Waals surface area contributed by atoms with Gasteiger partial charge < -0.3 is 4.74 Å². The molecule has 0 aliphatic carbocycles. The third kappa shape index (κ3) is 5.83. The smallest absolute Gasteiger partial charge is 0.309 e. The molecule has 0 aliphatic heterocycles. The number of benzene rings is 1. The Hall–Kier alpha value is -1.54. The topological polar surface area (TPSA) is 60.4 Å². The molecule has 0 aromatic heterocycles. The SMILES string of the molecule is CCC(C)C(=O)OC(C(=O)c1c(C)cc(C)cc1C)C(C)C.O=P. The van der Waals surface area contributed by atoms with E-state index in [4.69, 9.17) is 9.30 Å². The van der Waals surface area contributed by atoms with Crippen molar-refractivity contribution in [2.45, 2.75) is 61.0 Å². The van der Waals surface area contributed by atoms with E-state index < -0.39 is 6.10 Å². The van der Waals surface area contributed by atoms with E-state index >= 15 is 0 Å². The monoisotopic (exact) mass is 352 g/mol. The first kappa shape index (κ1) is 22.5. The molecule has 0 bridgehead atoms. The summed E-state index contributed by atoms with van der Waals surface area (Å²) in [5, 5.41) is 0. The van der Waals surface area contributed by atoms with E-state index in [1.165, 1.54) is 0 Å². The summed E-state index contributed by atoms with van der Waals surface area (Å²) in [7, 11) is 1.72. The number of hydrogen-bond acceptors (Lipinski definition) is 4. The lowest BCUT2D eigenvalue weighted by molar-refractivity contribution is -0.153. The molecule has 24 heavy (non-hydrogen) atoms. The van der Waals surface area contributed by atoms with Gasteiger partial charge in [-0.2, -0.15) is 0 Å². The van der Waals surface area contributed by atoms with Crippen LogP contribution in [0.5, 0.6) is 0 Å². The molecule has 1 rings (SSSR count). The maximum absolute atomic E-state index is 12.9. The number of ether oxygens (including phenoxy) is 1. The Balaban J connectivity index is 0.00000254. The average Bonchev–Trinajstić information content (AvgIpc) is 2.51. The van der Waals surface area contributed by atoms with Crippen LogP contribution in [0.15, 0.2) is 12.1 Å². The molecule has 2 atom stereocenters. The van der Waals surface area contributed by atoms with E-state index in [-0.39, 0.29) is 23.6 Å². The summed E-state index contributed by atoms with van der Waals surface area (Å²) < 4.78 is 13.6. The minimum atomic E-state index is -0.721. The van der Waals surface area contributed by atoms with Crippen molar-refractivity contribution in [3.8, 4) is 0 Å². The molecule has 0 radical (unpaired) electrons. The van der Waals surface area contributed by atoms with Gasteiger partial charge in [0.15, 0.2) is 6.10 Å².